The van der Waals surface area contributed by atoms with Crippen molar-refractivity contribution in [2.24, 2.45) is 5.73 Å². The minimum atomic E-state index is -0.475. The van der Waals surface area contributed by atoms with Crippen molar-refractivity contribution < 1.29 is 9.84 Å². The molecule has 1 fully saturated rings. The molecule has 0 spiro atoms. The largest absolute Gasteiger partial charge is 0.491 e. The van der Waals surface area contributed by atoms with E-state index in [2.05, 4.69) is 4.90 Å². The van der Waals surface area contributed by atoms with Crippen LogP contribution in [0.3, 0.4) is 0 Å². The number of ether oxygens (including phenoxy) is 1. The van der Waals surface area contributed by atoms with Crippen LogP contribution in [0.25, 0.3) is 0 Å². The van der Waals surface area contributed by atoms with Crippen LogP contribution in [0.1, 0.15) is 31.2 Å². The van der Waals surface area contributed by atoms with Crippen LogP contribution in [0.5, 0.6) is 5.75 Å². The minimum absolute atomic E-state index is 0.289. The number of aliphatic hydroxyl groups is 1. The third-order valence-corrected chi connectivity index (χ3v) is 3.96. The summed E-state index contributed by atoms with van der Waals surface area (Å²) in [5.41, 5.74) is 6.38. The standard InChI is InChI=1S/C16H24N2O2S/c17-16(21)13-6-5-7-15(10-13)20-12-14(19)11-18-8-3-1-2-4-9-18/h5-7,10,14,19H,1-4,8-9,11-12H2,(H2,17,21). The summed E-state index contributed by atoms with van der Waals surface area (Å²) in [4.78, 5) is 2.68. The van der Waals surface area contributed by atoms with Crippen molar-refractivity contribution in [3.63, 3.8) is 0 Å². The van der Waals surface area contributed by atoms with E-state index < -0.39 is 6.10 Å². The summed E-state index contributed by atoms with van der Waals surface area (Å²) < 4.78 is 5.64. The third-order valence-electron chi connectivity index (χ3n) is 3.73. The summed E-state index contributed by atoms with van der Waals surface area (Å²) in [7, 11) is 0. The Morgan fingerprint density at radius 2 is 2.00 bits per heavy atom. The summed E-state index contributed by atoms with van der Waals surface area (Å²) in [6, 6.07) is 7.36. The molecular weight excluding hydrogens is 284 g/mol. The maximum absolute atomic E-state index is 10.1. The monoisotopic (exact) mass is 308 g/mol. The summed E-state index contributed by atoms with van der Waals surface area (Å²) in [6.45, 7) is 3.12. The number of rotatable bonds is 6. The van der Waals surface area contributed by atoms with Crippen molar-refractivity contribution in [1.82, 2.24) is 4.90 Å². The molecule has 4 nitrogen and oxygen atoms in total. The fraction of sp³-hybridized carbons (Fsp3) is 0.562. The number of thiocarbonyl (C=S) groups is 1. The van der Waals surface area contributed by atoms with Crippen LogP contribution >= 0.6 is 12.2 Å². The SMILES string of the molecule is NC(=S)c1cccc(OCC(O)CN2CCCCCC2)c1. The quantitative estimate of drug-likeness (QED) is 0.787. The molecule has 3 N–H and O–H groups in total. The molecule has 0 aromatic heterocycles. The van der Waals surface area contributed by atoms with Crippen molar-refractivity contribution >= 4 is 17.2 Å². The van der Waals surface area contributed by atoms with Crippen molar-refractivity contribution in [2.45, 2.75) is 31.8 Å². The Bertz CT molecular complexity index is 459. The summed E-state index contributed by atoms with van der Waals surface area (Å²) in [5, 5.41) is 10.1. The lowest BCUT2D eigenvalue weighted by atomic mass is 10.2. The number of hydrogen-bond donors (Lipinski definition) is 2. The maximum Gasteiger partial charge on any atom is 0.120 e. The molecule has 21 heavy (non-hydrogen) atoms. The Labute approximate surface area is 131 Å². The van der Waals surface area contributed by atoms with Gasteiger partial charge in [-0.25, -0.2) is 0 Å². The van der Waals surface area contributed by atoms with Gasteiger partial charge in [0, 0.05) is 12.1 Å². The molecule has 1 heterocycles. The van der Waals surface area contributed by atoms with E-state index in [0.29, 0.717) is 17.3 Å². The van der Waals surface area contributed by atoms with Crippen LogP contribution in [0, 0.1) is 0 Å². The van der Waals surface area contributed by atoms with E-state index in [9.17, 15) is 5.11 Å². The number of aliphatic hydroxyl groups excluding tert-OH is 1. The number of nitrogens with zero attached hydrogens (tertiary/aromatic N) is 1. The van der Waals surface area contributed by atoms with Gasteiger partial charge < -0.3 is 20.5 Å². The molecule has 0 amide bonds. The molecule has 0 bridgehead atoms. The Kier molecular flexibility index (Phi) is 6.42. The fourth-order valence-electron chi connectivity index (χ4n) is 2.60. The zero-order chi connectivity index (χ0) is 15.1. The average Bonchev–Trinajstić information content (AvgIpc) is 2.74. The van der Waals surface area contributed by atoms with Crippen molar-refractivity contribution in [1.29, 1.82) is 0 Å². The second-order valence-electron chi connectivity index (χ2n) is 5.57. The predicted octanol–water partition coefficient (Wildman–Crippen LogP) is 1.94. The first-order chi connectivity index (χ1) is 10.1. The van der Waals surface area contributed by atoms with Gasteiger partial charge in [-0.3, -0.25) is 0 Å². The van der Waals surface area contributed by atoms with Gasteiger partial charge >= 0.3 is 0 Å². The lowest BCUT2D eigenvalue weighted by Gasteiger charge is -2.23. The van der Waals surface area contributed by atoms with E-state index in [1.54, 1.807) is 6.07 Å². The first-order valence-corrected chi connectivity index (χ1v) is 7.99. The van der Waals surface area contributed by atoms with Gasteiger partial charge in [0.1, 0.15) is 23.4 Å². The van der Waals surface area contributed by atoms with E-state index in [4.69, 9.17) is 22.7 Å². The first-order valence-electron chi connectivity index (χ1n) is 7.58. The average molecular weight is 308 g/mol. The molecule has 1 aliphatic heterocycles. The molecule has 116 valence electrons. The van der Waals surface area contributed by atoms with Gasteiger partial charge in [-0.2, -0.15) is 0 Å². The molecule has 0 saturated carbocycles. The fourth-order valence-corrected chi connectivity index (χ4v) is 2.73. The first kappa shape index (κ1) is 16.2. The molecule has 2 rings (SSSR count). The normalized spacial score (nSPS) is 18.0. The lowest BCUT2D eigenvalue weighted by molar-refractivity contribution is 0.0693. The van der Waals surface area contributed by atoms with Crippen LogP contribution < -0.4 is 10.5 Å². The van der Waals surface area contributed by atoms with Crippen LogP contribution in [-0.4, -0.2) is 47.3 Å². The highest BCUT2D eigenvalue weighted by molar-refractivity contribution is 7.80. The number of nitrogens with two attached hydrogens (primary N) is 1. The summed E-state index contributed by atoms with van der Waals surface area (Å²) in [5.74, 6) is 0.690. The number of likely N-dealkylation sites (tertiary alicyclic amines) is 1. The van der Waals surface area contributed by atoms with Gasteiger partial charge in [0.2, 0.25) is 0 Å². The van der Waals surface area contributed by atoms with Gasteiger partial charge in [-0.15, -0.1) is 0 Å². The second kappa shape index (κ2) is 8.32. The van der Waals surface area contributed by atoms with Gasteiger partial charge in [0.15, 0.2) is 0 Å². The molecule has 1 aliphatic rings. The summed E-state index contributed by atoms with van der Waals surface area (Å²) >= 11 is 4.94. The van der Waals surface area contributed by atoms with Crippen molar-refractivity contribution in [3.8, 4) is 5.75 Å². The highest BCUT2D eigenvalue weighted by Gasteiger charge is 2.14. The maximum atomic E-state index is 10.1. The molecule has 1 unspecified atom stereocenters. The van der Waals surface area contributed by atoms with E-state index in [-0.39, 0.29) is 6.61 Å². The summed E-state index contributed by atoms with van der Waals surface area (Å²) in [6.07, 6.45) is 4.58. The molecule has 1 aromatic rings. The second-order valence-corrected chi connectivity index (χ2v) is 6.01. The van der Waals surface area contributed by atoms with Gasteiger partial charge in [-0.1, -0.05) is 37.2 Å². The van der Waals surface area contributed by atoms with E-state index >= 15 is 0 Å². The van der Waals surface area contributed by atoms with Crippen LogP contribution in [0.2, 0.25) is 0 Å². The molecule has 1 saturated heterocycles. The molecule has 1 atom stereocenters. The molecular formula is C16H24N2O2S. The highest BCUT2D eigenvalue weighted by Crippen LogP contribution is 2.14. The zero-order valence-electron chi connectivity index (χ0n) is 12.3. The predicted molar refractivity (Wildman–Crippen MR) is 88.7 cm³/mol. The van der Waals surface area contributed by atoms with E-state index in [1.807, 2.05) is 18.2 Å². The number of hydrogen-bond acceptors (Lipinski definition) is 4. The van der Waals surface area contributed by atoms with Crippen LogP contribution in [0.15, 0.2) is 24.3 Å². The van der Waals surface area contributed by atoms with E-state index in [0.717, 1.165) is 18.7 Å². The van der Waals surface area contributed by atoms with Gasteiger partial charge in [-0.05, 0) is 38.1 Å². The van der Waals surface area contributed by atoms with E-state index in [1.165, 1.54) is 25.7 Å². The van der Waals surface area contributed by atoms with Crippen molar-refractivity contribution in [2.75, 3.05) is 26.2 Å². The van der Waals surface area contributed by atoms with Crippen LogP contribution in [-0.2, 0) is 0 Å². The Balaban J connectivity index is 1.79. The van der Waals surface area contributed by atoms with Crippen LogP contribution in [0.4, 0.5) is 0 Å². The van der Waals surface area contributed by atoms with Gasteiger partial charge in [0.05, 0.1) is 0 Å². The lowest BCUT2D eigenvalue weighted by Crippen LogP contribution is -2.36. The van der Waals surface area contributed by atoms with Gasteiger partial charge in [0.25, 0.3) is 0 Å². The Hall–Kier alpha value is -1.17. The molecule has 0 aliphatic carbocycles. The highest BCUT2D eigenvalue weighted by atomic mass is 32.1. The molecule has 5 heteroatoms. The minimum Gasteiger partial charge on any atom is -0.491 e. The number of β-amino-alcohol motifs (C(OH)–C–C–N with tert-alkyl or cyclic N) is 1. The topological polar surface area (TPSA) is 58.7 Å². The third kappa shape index (κ3) is 5.61. The molecule has 0 radical (unpaired) electrons. The number of benzene rings is 1. The molecule has 1 aromatic carbocycles. The van der Waals surface area contributed by atoms with Crippen molar-refractivity contribution in [3.05, 3.63) is 29.8 Å². The smallest absolute Gasteiger partial charge is 0.120 e. The Morgan fingerprint density at radius 1 is 1.29 bits per heavy atom. The zero-order valence-corrected chi connectivity index (χ0v) is 13.1. The Morgan fingerprint density at radius 3 is 2.67 bits per heavy atom.